The maximum absolute atomic E-state index is 12.2. The van der Waals surface area contributed by atoms with Crippen molar-refractivity contribution in [2.24, 2.45) is 0 Å². The van der Waals surface area contributed by atoms with Gasteiger partial charge in [-0.1, -0.05) is 17.7 Å². The van der Waals surface area contributed by atoms with Crippen LogP contribution in [0.5, 0.6) is 0 Å². The fourth-order valence-electron chi connectivity index (χ4n) is 2.01. The second kappa shape index (κ2) is 6.32. The van der Waals surface area contributed by atoms with Crippen LogP contribution >= 0.6 is 11.8 Å². The molecular formula is C16H22N2OS. The second-order valence-corrected chi connectivity index (χ2v) is 6.63. The number of thioether (sulfide) groups is 1. The number of aryl methyl sites for hydroxylation is 3. The van der Waals surface area contributed by atoms with E-state index in [1.54, 1.807) is 32.7 Å². The Balaban J connectivity index is 2.79. The molecule has 0 aliphatic rings. The third kappa shape index (κ3) is 3.77. The summed E-state index contributed by atoms with van der Waals surface area (Å²) in [6.45, 7) is 9.70. The molecule has 0 fully saturated rings. The Labute approximate surface area is 126 Å². The summed E-state index contributed by atoms with van der Waals surface area (Å²) in [4.78, 5) is 14.8. The molecule has 0 atom stereocenters. The topological polar surface area (TPSA) is 44.1 Å². The molecule has 3 nitrogen and oxygen atoms in total. The standard InChI is InChI=1S/C16H22N2OS/c1-11-7-12(2)15(13(3)8-11)20-9-14(19)18(6)16(4,5)10-17/h7-8H,9H2,1-6H3. The van der Waals surface area contributed by atoms with Gasteiger partial charge in [-0.2, -0.15) is 5.26 Å². The Hall–Kier alpha value is -1.47. The lowest BCUT2D eigenvalue weighted by atomic mass is 10.1. The monoisotopic (exact) mass is 290 g/mol. The average Bonchev–Trinajstić information content (AvgIpc) is 2.36. The van der Waals surface area contributed by atoms with Crippen LogP contribution < -0.4 is 0 Å². The van der Waals surface area contributed by atoms with Crippen molar-refractivity contribution >= 4 is 17.7 Å². The number of carbonyl (C=O) groups is 1. The summed E-state index contributed by atoms with van der Waals surface area (Å²) in [7, 11) is 1.68. The van der Waals surface area contributed by atoms with Gasteiger partial charge in [-0.15, -0.1) is 11.8 Å². The van der Waals surface area contributed by atoms with E-state index < -0.39 is 5.54 Å². The van der Waals surface area contributed by atoms with E-state index in [4.69, 9.17) is 5.26 Å². The Bertz CT molecular complexity index is 535. The van der Waals surface area contributed by atoms with Crippen LogP contribution in [0.3, 0.4) is 0 Å². The van der Waals surface area contributed by atoms with Crippen LogP contribution in [-0.4, -0.2) is 29.1 Å². The summed E-state index contributed by atoms with van der Waals surface area (Å²) in [6.07, 6.45) is 0. The summed E-state index contributed by atoms with van der Waals surface area (Å²) < 4.78 is 0. The minimum absolute atomic E-state index is 0.0269. The number of rotatable bonds is 4. The van der Waals surface area contributed by atoms with E-state index in [2.05, 4.69) is 39.0 Å². The lowest BCUT2D eigenvalue weighted by molar-refractivity contribution is -0.130. The molecule has 4 heteroatoms. The highest BCUT2D eigenvalue weighted by molar-refractivity contribution is 8.00. The zero-order valence-electron chi connectivity index (χ0n) is 13.1. The van der Waals surface area contributed by atoms with Gasteiger partial charge in [0.1, 0.15) is 5.54 Å². The smallest absolute Gasteiger partial charge is 0.233 e. The van der Waals surface area contributed by atoms with Crippen LogP contribution in [0.1, 0.15) is 30.5 Å². The molecule has 108 valence electrons. The molecule has 0 unspecified atom stereocenters. The molecule has 1 amide bonds. The molecule has 1 aromatic carbocycles. The van der Waals surface area contributed by atoms with E-state index >= 15 is 0 Å². The van der Waals surface area contributed by atoms with Crippen molar-refractivity contribution in [2.75, 3.05) is 12.8 Å². The average molecular weight is 290 g/mol. The Morgan fingerprint density at radius 3 is 2.25 bits per heavy atom. The van der Waals surface area contributed by atoms with Crippen LogP contribution in [0, 0.1) is 32.1 Å². The van der Waals surface area contributed by atoms with Crippen molar-refractivity contribution < 1.29 is 4.79 Å². The van der Waals surface area contributed by atoms with Crippen molar-refractivity contribution in [3.63, 3.8) is 0 Å². The Morgan fingerprint density at radius 1 is 1.30 bits per heavy atom. The summed E-state index contributed by atoms with van der Waals surface area (Å²) in [5.41, 5.74) is 2.86. The molecule has 0 aliphatic heterocycles. The molecular weight excluding hydrogens is 268 g/mol. The maximum atomic E-state index is 12.2. The fourth-order valence-corrected chi connectivity index (χ4v) is 3.05. The predicted molar refractivity (Wildman–Crippen MR) is 83.8 cm³/mol. The van der Waals surface area contributed by atoms with Gasteiger partial charge in [0.2, 0.25) is 5.91 Å². The van der Waals surface area contributed by atoms with Gasteiger partial charge in [0.05, 0.1) is 11.8 Å². The molecule has 20 heavy (non-hydrogen) atoms. The van der Waals surface area contributed by atoms with Crippen LogP contribution in [0.4, 0.5) is 0 Å². The first-order valence-corrected chi connectivity index (χ1v) is 7.56. The quantitative estimate of drug-likeness (QED) is 0.798. The molecule has 0 aliphatic carbocycles. The molecule has 0 saturated carbocycles. The van der Waals surface area contributed by atoms with Gasteiger partial charge in [0.25, 0.3) is 0 Å². The number of benzene rings is 1. The SMILES string of the molecule is Cc1cc(C)c(SCC(=O)N(C)C(C)(C)C#N)c(C)c1. The van der Waals surface area contributed by atoms with E-state index in [0.29, 0.717) is 5.75 Å². The normalized spacial score (nSPS) is 11.1. The van der Waals surface area contributed by atoms with Gasteiger partial charge < -0.3 is 4.90 Å². The van der Waals surface area contributed by atoms with Crippen LogP contribution in [0.25, 0.3) is 0 Å². The third-order valence-electron chi connectivity index (χ3n) is 3.43. The number of carbonyl (C=O) groups excluding carboxylic acids is 1. The molecule has 1 rings (SSSR count). The van der Waals surface area contributed by atoms with Gasteiger partial charge in [0, 0.05) is 11.9 Å². The Morgan fingerprint density at radius 2 is 1.80 bits per heavy atom. The van der Waals surface area contributed by atoms with E-state index in [1.165, 1.54) is 21.6 Å². The van der Waals surface area contributed by atoms with Gasteiger partial charge >= 0.3 is 0 Å². The van der Waals surface area contributed by atoms with E-state index in [9.17, 15) is 4.79 Å². The molecule has 0 aromatic heterocycles. The van der Waals surface area contributed by atoms with Crippen molar-refractivity contribution in [2.45, 2.75) is 45.1 Å². The van der Waals surface area contributed by atoms with E-state index in [-0.39, 0.29) is 5.91 Å². The molecule has 0 radical (unpaired) electrons. The lowest BCUT2D eigenvalue weighted by Gasteiger charge is -2.29. The van der Waals surface area contributed by atoms with Gasteiger partial charge in [0.15, 0.2) is 0 Å². The lowest BCUT2D eigenvalue weighted by Crippen LogP contribution is -2.44. The molecule has 0 heterocycles. The zero-order valence-corrected chi connectivity index (χ0v) is 13.9. The molecule has 0 spiro atoms. The number of nitriles is 1. The van der Waals surface area contributed by atoms with Crippen molar-refractivity contribution in [3.8, 4) is 6.07 Å². The molecule has 0 N–H and O–H groups in total. The highest BCUT2D eigenvalue weighted by Crippen LogP contribution is 2.28. The second-order valence-electron chi connectivity index (χ2n) is 5.64. The van der Waals surface area contributed by atoms with Gasteiger partial charge in [-0.25, -0.2) is 0 Å². The summed E-state index contributed by atoms with van der Waals surface area (Å²) in [5.74, 6) is 0.327. The molecule has 0 saturated heterocycles. The predicted octanol–water partition coefficient (Wildman–Crippen LogP) is 3.46. The summed E-state index contributed by atoms with van der Waals surface area (Å²) in [5, 5.41) is 9.07. The highest BCUT2D eigenvalue weighted by atomic mass is 32.2. The first-order valence-electron chi connectivity index (χ1n) is 6.57. The number of hydrogen-bond acceptors (Lipinski definition) is 3. The van der Waals surface area contributed by atoms with Crippen molar-refractivity contribution in [3.05, 3.63) is 28.8 Å². The van der Waals surface area contributed by atoms with Crippen LogP contribution in [0.15, 0.2) is 17.0 Å². The largest absolute Gasteiger partial charge is 0.327 e. The highest BCUT2D eigenvalue weighted by Gasteiger charge is 2.27. The number of nitrogens with zero attached hydrogens (tertiary/aromatic N) is 2. The first-order chi connectivity index (χ1) is 9.19. The summed E-state index contributed by atoms with van der Waals surface area (Å²) >= 11 is 1.54. The van der Waals surface area contributed by atoms with Gasteiger partial charge in [-0.05, 0) is 45.7 Å². The number of hydrogen-bond donors (Lipinski definition) is 0. The first kappa shape index (κ1) is 16.6. The van der Waals surface area contributed by atoms with E-state index in [0.717, 1.165) is 4.90 Å². The minimum Gasteiger partial charge on any atom is -0.327 e. The Kier molecular flexibility index (Phi) is 5.24. The minimum atomic E-state index is -0.769. The molecule has 1 aromatic rings. The maximum Gasteiger partial charge on any atom is 0.233 e. The van der Waals surface area contributed by atoms with Crippen LogP contribution in [-0.2, 0) is 4.79 Å². The van der Waals surface area contributed by atoms with Gasteiger partial charge in [-0.3, -0.25) is 4.79 Å². The van der Waals surface area contributed by atoms with Crippen molar-refractivity contribution in [1.82, 2.24) is 4.90 Å². The third-order valence-corrected chi connectivity index (χ3v) is 4.75. The van der Waals surface area contributed by atoms with E-state index in [1.807, 2.05) is 0 Å². The summed E-state index contributed by atoms with van der Waals surface area (Å²) in [6, 6.07) is 6.40. The van der Waals surface area contributed by atoms with Crippen molar-refractivity contribution in [1.29, 1.82) is 5.26 Å². The number of amides is 1. The molecule has 0 bridgehead atoms. The fraction of sp³-hybridized carbons (Fsp3) is 0.500. The van der Waals surface area contributed by atoms with Crippen LogP contribution in [0.2, 0.25) is 0 Å². The zero-order chi connectivity index (χ0) is 15.5.